The number of ether oxygens (including phenoxy) is 1. The predicted octanol–water partition coefficient (Wildman–Crippen LogP) is 4.08. The predicted molar refractivity (Wildman–Crippen MR) is 80.0 cm³/mol. The largest absolute Gasteiger partial charge is 0.506 e. The molecule has 1 aromatic heterocycles. The topological polar surface area (TPSA) is 34.4 Å². The molecule has 3 rings (SSSR count). The number of rotatable bonds is 4. The number of halogens is 1. The molecule has 1 N–H and O–H groups in total. The monoisotopic (exact) mass is 285 g/mol. The molecule has 2 aromatic carbocycles. The number of aromatic nitrogens is 1. The van der Waals surface area contributed by atoms with Crippen molar-refractivity contribution < 1.29 is 14.2 Å². The summed E-state index contributed by atoms with van der Waals surface area (Å²) >= 11 is 0. The van der Waals surface area contributed by atoms with Crippen molar-refractivity contribution in [1.82, 2.24) is 4.57 Å². The van der Waals surface area contributed by atoms with Gasteiger partial charge in [-0.15, -0.1) is 0 Å². The van der Waals surface area contributed by atoms with Gasteiger partial charge in [-0.25, -0.2) is 4.39 Å². The first-order valence-corrected chi connectivity index (χ1v) is 6.87. The summed E-state index contributed by atoms with van der Waals surface area (Å²) in [5, 5.41) is 10.9. The third-order valence-corrected chi connectivity index (χ3v) is 3.52. The average Bonchev–Trinajstić information content (AvgIpc) is 2.86. The summed E-state index contributed by atoms with van der Waals surface area (Å²) in [5.41, 5.74) is 1.71. The van der Waals surface area contributed by atoms with Crippen LogP contribution >= 0.6 is 0 Å². The van der Waals surface area contributed by atoms with Gasteiger partial charge in [0, 0.05) is 23.7 Å². The quantitative estimate of drug-likeness (QED) is 0.783. The van der Waals surface area contributed by atoms with Crippen LogP contribution in [0.5, 0.6) is 11.5 Å². The van der Waals surface area contributed by atoms with E-state index in [4.69, 9.17) is 4.74 Å². The van der Waals surface area contributed by atoms with E-state index in [0.29, 0.717) is 0 Å². The van der Waals surface area contributed by atoms with E-state index in [2.05, 4.69) is 0 Å². The van der Waals surface area contributed by atoms with Crippen molar-refractivity contribution in [3.8, 4) is 11.5 Å². The van der Waals surface area contributed by atoms with Crippen molar-refractivity contribution in [3.05, 3.63) is 60.0 Å². The SMILES string of the molecule is CCn1cc(COc2ccccc2F)c2cccc(O)c21. The maximum absolute atomic E-state index is 13.6. The van der Waals surface area contributed by atoms with Crippen molar-refractivity contribution >= 4 is 10.9 Å². The Kier molecular flexibility index (Phi) is 3.52. The highest BCUT2D eigenvalue weighted by Crippen LogP contribution is 2.30. The Labute approximate surface area is 122 Å². The molecular weight excluding hydrogens is 269 g/mol. The van der Waals surface area contributed by atoms with Crippen LogP contribution in [0.25, 0.3) is 10.9 Å². The number of hydrogen-bond donors (Lipinski definition) is 1. The molecule has 108 valence electrons. The van der Waals surface area contributed by atoms with E-state index in [1.165, 1.54) is 6.07 Å². The molecule has 0 spiro atoms. The van der Waals surface area contributed by atoms with E-state index in [1.54, 1.807) is 30.3 Å². The van der Waals surface area contributed by atoms with Crippen LogP contribution < -0.4 is 4.74 Å². The minimum absolute atomic E-state index is 0.232. The van der Waals surface area contributed by atoms with E-state index < -0.39 is 0 Å². The number of fused-ring (bicyclic) bond motifs is 1. The van der Waals surface area contributed by atoms with Crippen LogP contribution in [-0.4, -0.2) is 9.67 Å². The van der Waals surface area contributed by atoms with E-state index in [-0.39, 0.29) is 23.9 Å². The maximum Gasteiger partial charge on any atom is 0.165 e. The van der Waals surface area contributed by atoms with E-state index >= 15 is 0 Å². The van der Waals surface area contributed by atoms with Gasteiger partial charge in [-0.2, -0.15) is 0 Å². The molecule has 0 atom stereocenters. The zero-order chi connectivity index (χ0) is 14.8. The second kappa shape index (κ2) is 5.48. The molecule has 0 radical (unpaired) electrons. The number of aryl methyl sites for hydroxylation is 1. The van der Waals surface area contributed by atoms with Gasteiger partial charge in [-0.1, -0.05) is 24.3 Å². The fourth-order valence-electron chi connectivity index (χ4n) is 2.50. The molecule has 0 aliphatic heterocycles. The summed E-state index contributed by atoms with van der Waals surface area (Å²) in [6.45, 7) is 3.01. The molecule has 0 aliphatic rings. The van der Waals surface area contributed by atoms with Gasteiger partial charge in [0.05, 0.1) is 5.52 Å². The van der Waals surface area contributed by atoms with Gasteiger partial charge in [-0.3, -0.25) is 0 Å². The lowest BCUT2D eigenvalue weighted by Gasteiger charge is -2.06. The number of para-hydroxylation sites is 2. The number of hydrogen-bond acceptors (Lipinski definition) is 2. The van der Waals surface area contributed by atoms with Crippen molar-refractivity contribution in [2.75, 3.05) is 0 Å². The maximum atomic E-state index is 13.6. The minimum Gasteiger partial charge on any atom is -0.506 e. The molecule has 0 saturated carbocycles. The first kappa shape index (κ1) is 13.5. The van der Waals surface area contributed by atoms with Gasteiger partial charge >= 0.3 is 0 Å². The number of phenolic OH excluding ortho intramolecular Hbond substituents is 1. The Morgan fingerprint density at radius 3 is 2.71 bits per heavy atom. The minimum atomic E-state index is -0.375. The Hall–Kier alpha value is -2.49. The van der Waals surface area contributed by atoms with Crippen LogP contribution in [0.1, 0.15) is 12.5 Å². The van der Waals surface area contributed by atoms with Gasteiger partial charge in [0.15, 0.2) is 11.6 Å². The fourth-order valence-corrected chi connectivity index (χ4v) is 2.50. The lowest BCUT2D eigenvalue weighted by atomic mass is 10.2. The summed E-state index contributed by atoms with van der Waals surface area (Å²) in [6.07, 6.45) is 1.94. The smallest absolute Gasteiger partial charge is 0.165 e. The van der Waals surface area contributed by atoms with E-state index in [9.17, 15) is 9.50 Å². The lowest BCUT2D eigenvalue weighted by molar-refractivity contribution is 0.291. The van der Waals surface area contributed by atoms with E-state index in [0.717, 1.165) is 23.0 Å². The summed E-state index contributed by atoms with van der Waals surface area (Å²) in [5.74, 6) is 0.0983. The summed E-state index contributed by atoms with van der Waals surface area (Å²) in [4.78, 5) is 0. The van der Waals surface area contributed by atoms with Gasteiger partial charge in [0.1, 0.15) is 12.4 Å². The lowest BCUT2D eigenvalue weighted by Crippen LogP contribution is -1.96. The second-order valence-electron chi connectivity index (χ2n) is 4.83. The van der Waals surface area contributed by atoms with Gasteiger partial charge < -0.3 is 14.4 Å². The van der Waals surface area contributed by atoms with Crippen LogP contribution in [0, 0.1) is 5.82 Å². The molecule has 0 amide bonds. The second-order valence-corrected chi connectivity index (χ2v) is 4.83. The normalized spacial score (nSPS) is 11.0. The number of benzene rings is 2. The van der Waals surface area contributed by atoms with Gasteiger partial charge in [0.25, 0.3) is 0 Å². The Morgan fingerprint density at radius 1 is 1.14 bits per heavy atom. The summed E-state index contributed by atoms with van der Waals surface area (Å²) < 4.78 is 21.1. The Bertz CT molecular complexity index is 780. The highest BCUT2D eigenvalue weighted by atomic mass is 19.1. The standard InChI is InChI=1S/C17H16FNO2/c1-2-19-10-12(13-6-5-8-15(20)17(13)19)11-21-16-9-4-3-7-14(16)18/h3-10,20H,2,11H2,1H3. The van der Waals surface area contributed by atoms with Crippen molar-refractivity contribution in [1.29, 1.82) is 0 Å². The first-order valence-electron chi connectivity index (χ1n) is 6.87. The molecule has 21 heavy (non-hydrogen) atoms. The molecule has 0 bridgehead atoms. The third kappa shape index (κ3) is 2.44. The molecule has 0 saturated heterocycles. The summed E-state index contributed by atoms with van der Waals surface area (Å²) in [6, 6.07) is 11.7. The van der Waals surface area contributed by atoms with Crippen LogP contribution in [0.15, 0.2) is 48.7 Å². The van der Waals surface area contributed by atoms with Crippen LogP contribution in [0.4, 0.5) is 4.39 Å². The molecule has 0 unspecified atom stereocenters. The fraction of sp³-hybridized carbons (Fsp3) is 0.176. The van der Waals surface area contributed by atoms with Gasteiger partial charge in [0.2, 0.25) is 0 Å². The highest BCUT2D eigenvalue weighted by Gasteiger charge is 2.12. The zero-order valence-corrected chi connectivity index (χ0v) is 11.7. The molecular formula is C17H16FNO2. The van der Waals surface area contributed by atoms with E-state index in [1.807, 2.05) is 23.8 Å². The number of nitrogens with zero attached hydrogens (tertiary/aromatic N) is 1. The number of aromatic hydroxyl groups is 1. The van der Waals surface area contributed by atoms with Crippen molar-refractivity contribution in [3.63, 3.8) is 0 Å². The first-order chi connectivity index (χ1) is 10.2. The summed E-state index contributed by atoms with van der Waals surface area (Å²) in [7, 11) is 0. The van der Waals surface area contributed by atoms with Crippen LogP contribution in [0.2, 0.25) is 0 Å². The highest BCUT2D eigenvalue weighted by molar-refractivity contribution is 5.88. The van der Waals surface area contributed by atoms with Crippen molar-refractivity contribution in [2.24, 2.45) is 0 Å². The molecule has 1 heterocycles. The molecule has 0 aliphatic carbocycles. The van der Waals surface area contributed by atoms with Crippen molar-refractivity contribution in [2.45, 2.75) is 20.1 Å². The van der Waals surface area contributed by atoms with Crippen LogP contribution in [0.3, 0.4) is 0 Å². The third-order valence-electron chi connectivity index (χ3n) is 3.52. The molecule has 3 nitrogen and oxygen atoms in total. The zero-order valence-electron chi connectivity index (χ0n) is 11.7. The number of phenols is 1. The molecule has 4 heteroatoms. The van der Waals surface area contributed by atoms with Gasteiger partial charge in [-0.05, 0) is 25.1 Å². The van der Waals surface area contributed by atoms with Crippen LogP contribution in [-0.2, 0) is 13.2 Å². The molecule has 3 aromatic rings. The Morgan fingerprint density at radius 2 is 1.95 bits per heavy atom. The molecule has 0 fully saturated rings. The average molecular weight is 285 g/mol. The Balaban J connectivity index is 1.95.